The van der Waals surface area contributed by atoms with Crippen molar-refractivity contribution in [1.82, 2.24) is 5.32 Å². The van der Waals surface area contributed by atoms with Crippen LogP contribution in [0.3, 0.4) is 0 Å². The van der Waals surface area contributed by atoms with Gasteiger partial charge in [-0.2, -0.15) is 0 Å². The number of nitrogens with zero attached hydrogens (tertiary/aromatic N) is 1. The van der Waals surface area contributed by atoms with Gasteiger partial charge in [-0.25, -0.2) is 4.98 Å². The molecule has 0 unspecified atom stereocenters. The maximum absolute atomic E-state index is 11.8. The summed E-state index contributed by atoms with van der Waals surface area (Å²) in [6, 6.07) is 3.94. The lowest BCUT2D eigenvalue weighted by atomic mass is 10.2. The molecule has 1 aliphatic rings. The van der Waals surface area contributed by atoms with Crippen LogP contribution in [0.2, 0.25) is 0 Å². The van der Waals surface area contributed by atoms with E-state index in [1.807, 2.05) is 26.0 Å². The van der Waals surface area contributed by atoms with Gasteiger partial charge in [-0.15, -0.1) is 0 Å². The molecule has 0 aliphatic carbocycles. The Morgan fingerprint density at radius 3 is 2.67 bits per heavy atom. The lowest BCUT2D eigenvalue weighted by molar-refractivity contribution is -0.364. The van der Waals surface area contributed by atoms with Gasteiger partial charge in [-0.05, 0) is 19.9 Å². The number of aromatic amines is 1. The molecule has 0 atom stereocenters. The smallest absolute Gasteiger partial charge is 0.274 e. The van der Waals surface area contributed by atoms with Gasteiger partial charge in [-0.1, -0.05) is 0 Å². The Morgan fingerprint density at radius 2 is 2.11 bits per heavy atom. The van der Waals surface area contributed by atoms with E-state index in [2.05, 4.69) is 15.2 Å². The highest BCUT2D eigenvalue weighted by Crippen LogP contribution is 2.09. The third kappa shape index (κ3) is 3.20. The van der Waals surface area contributed by atoms with Gasteiger partial charge in [0.2, 0.25) is 0 Å². The minimum atomic E-state index is -0.0465. The number of rotatable bonds is 3. The van der Waals surface area contributed by atoms with E-state index in [1.54, 1.807) is 6.20 Å². The molecule has 2 N–H and O–H groups in total. The van der Waals surface area contributed by atoms with E-state index >= 15 is 0 Å². The summed E-state index contributed by atoms with van der Waals surface area (Å²) in [7, 11) is 0. The van der Waals surface area contributed by atoms with E-state index in [-0.39, 0.29) is 11.9 Å². The van der Waals surface area contributed by atoms with Gasteiger partial charge in [0, 0.05) is 12.1 Å². The Morgan fingerprint density at radius 1 is 1.39 bits per heavy atom. The Balaban J connectivity index is 2.02. The predicted molar refractivity (Wildman–Crippen MR) is 68.6 cm³/mol. The number of amides is 1. The van der Waals surface area contributed by atoms with Crippen LogP contribution in [-0.2, 0) is 4.74 Å². The quantitative estimate of drug-likeness (QED) is 0.848. The maximum atomic E-state index is 11.8. The highest BCUT2D eigenvalue weighted by atomic mass is 16.5. The molecule has 2 heterocycles. The van der Waals surface area contributed by atoms with Crippen molar-refractivity contribution in [1.29, 1.82) is 0 Å². The monoisotopic (exact) mass is 250 g/mol. The van der Waals surface area contributed by atoms with Crippen LogP contribution in [0.5, 0.6) is 0 Å². The third-order valence-corrected chi connectivity index (χ3v) is 2.83. The molecular weight excluding hydrogens is 230 g/mol. The number of anilines is 1. The second kappa shape index (κ2) is 5.82. The normalized spacial score (nSPS) is 15.8. The molecule has 0 saturated carbocycles. The molecule has 1 amide bonds. The first kappa shape index (κ1) is 12.8. The SMILES string of the molecule is CC(C)NC(=O)c1ccc(N2CCOCC2)[nH+]c1. The van der Waals surface area contributed by atoms with Crippen LogP contribution < -0.4 is 15.2 Å². The zero-order valence-corrected chi connectivity index (χ0v) is 10.9. The molecule has 2 rings (SSSR count). The van der Waals surface area contributed by atoms with E-state index in [1.165, 1.54) is 0 Å². The van der Waals surface area contributed by atoms with Gasteiger partial charge >= 0.3 is 0 Å². The number of pyridine rings is 1. The first-order valence-electron chi connectivity index (χ1n) is 6.32. The number of aromatic nitrogens is 1. The summed E-state index contributed by atoms with van der Waals surface area (Å²) in [5, 5.41) is 2.87. The molecule has 1 aromatic heterocycles. The number of nitrogens with one attached hydrogen (secondary N) is 2. The number of carbonyl (C=O) groups excluding carboxylic acids is 1. The van der Waals surface area contributed by atoms with E-state index in [4.69, 9.17) is 4.74 Å². The summed E-state index contributed by atoms with van der Waals surface area (Å²) in [6.45, 7) is 7.17. The van der Waals surface area contributed by atoms with Crippen molar-refractivity contribution < 1.29 is 14.5 Å². The number of ether oxygens (including phenoxy) is 1. The summed E-state index contributed by atoms with van der Waals surface area (Å²) in [4.78, 5) is 17.2. The minimum absolute atomic E-state index is 0.0465. The Hall–Kier alpha value is -1.62. The Kier molecular flexibility index (Phi) is 4.15. The summed E-state index contributed by atoms with van der Waals surface area (Å²) in [5.41, 5.74) is 0.653. The molecule has 0 bridgehead atoms. The second-order valence-electron chi connectivity index (χ2n) is 4.69. The molecule has 5 heteroatoms. The van der Waals surface area contributed by atoms with E-state index in [0.29, 0.717) is 5.56 Å². The van der Waals surface area contributed by atoms with Crippen molar-refractivity contribution in [3.63, 3.8) is 0 Å². The number of carbonyl (C=O) groups is 1. The Bertz CT molecular complexity index is 397. The van der Waals surface area contributed by atoms with Crippen LogP contribution in [0.4, 0.5) is 5.82 Å². The number of hydrogen-bond donors (Lipinski definition) is 1. The third-order valence-electron chi connectivity index (χ3n) is 2.83. The summed E-state index contributed by atoms with van der Waals surface area (Å²) in [6.07, 6.45) is 1.75. The number of hydrogen-bond acceptors (Lipinski definition) is 3. The molecule has 0 radical (unpaired) electrons. The average molecular weight is 250 g/mol. The number of morpholine rings is 1. The van der Waals surface area contributed by atoms with Crippen molar-refractivity contribution >= 4 is 11.7 Å². The molecule has 0 aromatic carbocycles. The minimum Gasteiger partial charge on any atom is -0.373 e. The fourth-order valence-corrected chi connectivity index (χ4v) is 1.90. The van der Waals surface area contributed by atoms with Gasteiger partial charge in [0.15, 0.2) is 0 Å². The molecule has 1 aliphatic heterocycles. The summed E-state index contributed by atoms with van der Waals surface area (Å²) >= 11 is 0. The van der Waals surface area contributed by atoms with E-state index in [9.17, 15) is 4.79 Å². The van der Waals surface area contributed by atoms with E-state index < -0.39 is 0 Å². The summed E-state index contributed by atoms with van der Waals surface area (Å²) < 4.78 is 5.31. The van der Waals surface area contributed by atoms with Gasteiger partial charge in [0.25, 0.3) is 11.7 Å². The first-order valence-corrected chi connectivity index (χ1v) is 6.32. The van der Waals surface area contributed by atoms with Crippen molar-refractivity contribution in [2.24, 2.45) is 0 Å². The van der Waals surface area contributed by atoms with Crippen LogP contribution in [0.25, 0.3) is 0 Å². The van der Waals surface area contributed by atoms with Crippen LogP contribution in [0, 0.1) is 0 Å². The zero-order valence-electron chi connectivity index (χ0n) is 10.9. The largest absolute Gasteiger partial charge is 0.373 e. The van der Waals surface area contributed by atoms with Gasteiger partial charge in [0.05, 0.1) is 18.8 Å². The average Bonchev–Trinajstić information content (AvgIpc) is 2.39. The molecule has 18 heavy (non-hydrogen) atoms. The van der Waals surface area contributed by atoms with Crippen LogP contribution in [-0.4, -0.2) is 38.3 Å². The topological polar surface area (TPSA) is 55.7 Å². The lowest BCUT2D eigenvalue weighted by Crippen LogP contribution is -2.39. The van der Waals surface area contributed by atoms with Gasteiger partial charge in [0.1, 0.15) is 19.3 Å². The predicted octanol–water partition coefficient (Wildman–Crippen LogP) is 0.476. The lowest BCUT2D eigenvalue weighted by Gasteiger charge is -2.21. The fraction of sp³-hybridized carbons (Fsp3) is 0.538. The van der Waals surface area contributed by atoms with Crippen LogP contribution >= 0.6 is 0 Å². The maximum Gasteiger partial charge on any atom is 0.274 e. The van der Waals surface area contributed by atoms with Gasteiger partial charge in [-0.3, -0.25) is 9.69 Å². The standard InChI is InChI=1S/C13H19N3O2/c1-10(2)15-13(17)11-3-4-12(14-9-11)16-5-7-18-8-6-16/h3-4,9-10H,5-8H2,1-2H3,(H,15,17)/p+1. The van der Waals surface area contributed by atoms with Crippen LogP contribution in [0.1, 0.15) is 24.2 Å². The molecule has 0 spiro atoms. The number of H-pyrrole nitrogens is 1. The molecule has 1 aromatic rings. The Labute approximate surface area is 107 Å². The second-order valence-corrected chi connectivity index (χ2v) is 4.69. The zero-order chi connectivity index (χ0) is 13.0. The highest BCUT2D eigenvalue weighted by Gasteiger charge is 2.19. The van der Waals surface area contributed by atoms with Gasteiger partial charge < -0.3 is 10.1 Å². The fourth-order valence-electron chi connectivity index (χ4n) is 1.90. The molecule has 1 saturated heterocycles. The molecule has 5 nitrogen and oxygen atoms in total. The highest BCUT2D eigenvalue weighted by molar-refractivity contribution is 5.93. The summed E-state index contributed by atoms with van der Waals surface area (Å²) in [5.74, 6) is 0.981. The molecule has 98 valence electrons. The van der Waals surface area contributed by atoms with Crippen molar-refractivity contribution in [2.75, 3.05) is 31.2 Å². The van der Waals surface area contributed by atoms with Crippen molar-refractivity contribution in [3.05, 3.63) is 23.9 Å². The van der Waals surface area contributed by atoms with E-state index in [0.717, 1.165) is 32.1 Å². The molecule has 1 fully saturated rings. The first-order chi connectivity index (χ1) is 8.66. The van der Waals surface area contributed by atoms with Crippen LogP contribution in [0.15, 0.2) is 18.3 Å². The van der Waals surface area contributed by atoms with Crippen molar-refractivity contribution in [2.45, 2.75) is 19.9 Å². The molecular formula is C13H20N3O2+. The van der Waals surface area contributed by atoms with Crippen molar-refractivity contribution in [3.8, 4) is 0 Å².